The van der Waals surface area contributed by atoms with Crippen LogP contribution in [0.2, 0.25) is 0 Å². The van der Waals surface area contributed by atoms with Crippen LogP contribution in [0.4, 0.5) is 5.69 Å². The third kappa shape index (κ3) is 3.98. The van der Waals surface area contributed by atoms with Crippen LogP contribution < -0.4 is 27.6 Å². The van der Waals surface area contributed by atoms with E-state index in [9.17, 15) is 20.1 Å². The van der Waals surface area contributed by atoms with Crippen LogP contribution in [-0.4, -0.2) is 29.0 Å². The van der Waals surface area contributed by atoms with E-state index in [1.807, 2.05) is 6.07 Å². The Morgan fingerprint density at radius 2 is 1.93 bits per heavy atom. The highest BCUT2D eigenvalue weighted by atomic mass is 32.2. The van der Waals surface area contributed by atoms with E-state index in [2.05, 4.69) is 21.6 Å². The van der Waals surface area contributed by atoms with E-state index in [1.54, 1.807) is 29.2 Å². The van der Waals surface area contributed by atoms with Crippen molar-refractivity contribution in [1.82, 2.24) is 10.4 Å². The fourth-order valence-electron chi connectivity index (χ4n) is 3.18. The van der Waals surface area contributed by atoms with Gasteiger partial charge in [0.2, 0.25) is 5.91 Å². The molecule has 0 radical (unpaired) electrons. The Morgan fingerprint density at radius 3 is 2.47 bits per heavy atom. The van der Waals surface area contributed by atoms with Gasteiger partial charge in [-0.15, -0.1) is 0 Å². The van der Waals surface area contributed by atoms with Gasteiger partial charge in [-0.05, 0) is 24.1 Å². The molecule has 30 heavy (non-hydrogen) atoms. The number of hydrazone groups is 1. The molecule has 1 fully saturated rings. The number of aromatic amines is 1. The number of carbonyl (C=O) groups excluding carboxylic acids is 1. The minimum atomic E-state index is -0.611. The Labute approximate surface area is 176 Å². The molecule has 2 heterocycles. The molecule has 2 aromatic rings. The second kappa shape index (κ2) is 9.13. The minimum absolute atomic E-state index is 0.0545. The van der Waals surface area contributed by atoms with Crippen molar-refractivity contribution in [3.05, 3.63) is 45.7 Å². The van der Waals surface area contributed by atoms with Crippen LogP contribution in [0.5, 0.6) is 0 Å². The number of nitrogens with two attached hydrogens (primary N) is 2. The number of nitrogens with zero attached hydrogens (tertiary/aromatic N) is 4. The average Bonchev–Trinajstić information content (AvgIpc) is 3.20. The molecular weight excluding hydrogens is 404 g/mol. The first-order valence-electron chi connectivity index (χ1n) is 8.91. The van der Waals surface area contributed by atoms with Crippen molar-refractivity contribution in [3.63, 3.8) is 0 Å². The molecule has 3 rings (SSSR count). The smallest absolute Gasteiger partial charge is 0.267 e. The van der Waals surface area contributed by atoms with Gasteiger partial charge in [0.1, 0.15) is 23.5 Å². The molecule has 1 saturated heterocycles. The summed E-state index contributed by atoms with van der Waals surface area (Å²) in [5, 5.41) is 23.0. The molecule has 1 aliphatic rings. The molecule has 6 N–H and O–H groups in total. The normalized spacial score (nSPS) is 13.8. The number of amidine groups is 1. The number of pyridine rings is 1. The summed E-state index contributed by atoms with van der Waals surface area (Å²) in [5.74, 6) is 11.0. The second-order valence-electron chi connectivity index (χ2n) is 6.34. The molecule has 1 aromatic carbocycles. The number of aromatic nitrogens is 1. The molecule has 1 aromatic heterocycles. The maximum Gasteiger partial charge on any atom is 0.267 e. The lowest BCUT2D eigenvalue weighted by atomic mass is 9.97. The summed E-state index contributed by atoms with van der Waals surface area (Å²) >= 11 is 1.10. The van der Waals surface area contributed by atoms with Gasteiger partial charge in [0, 0.05) is 24.2 Å². The number of nitrogens with one attached hydrogen (secondary N) is 2. The zero-order valence-electron chi connectivity index (χ0n) is 15.8. The van der Waals surface area contributed by atoms with Crippen LogP contribution >= 0.6 is 11.8 Å². The Balaban J connectivity index is 2.07. The van der Waals surface area contributed by atoms with Gasteiger partial charge in [-0.25, -0.2) is 5.84 Å². The molecule has 0 spiro atoms. The Morgan fingerprint density at radius 1 is 1.23 bits per heavy atom. The molecule has 0 saturated carbocycles. The van der Waals surface area contributed by atoms with Gasteiger partial charge in [0.15, 0.2) is 0 Å². The largest absolute Gasteiger partial charge is 0.322 e. The van der Waals surface area contributed by atoms with Crippen LogP contribution in [0.3, 0.4) is 0 Å². The minimum Gasteiger partial charge on any atom is -0.322 e. The topological polar surface area (TPSA) is 177 Å². The van der Waals surface area contributed by atoms with Gasteiger partial charge in [0.05, 0.1) is 16.3 Å². The van der Waals surface area contributed by atoms with Gasteiger partial charge in [-0.3, -0.25) is 9.59 Å². The van der Waals surface area contributed by atoms with Crippen LogP contribution in [0.15, 0.2) is 39.2 Å². The van der Waals surface area contributed by atoms with Gasteiger partial charge < -0.3 is 21.2 Å². The first kappa shape index (κ1) is 20.9. The molecular formula is C19H18N8O2S. The fourth-order valence-corrected chi connectivity index (χ4v) is 4.07. The van der Waals surface area contributed by atoms with Crippen LogP contribution in [0.25, 0.3) is 11.1 Å². The van der Waals surface area contributed by atoms with Crippen molar-refractivity contribution in [1.29, 1.82) is 10.5 Å². The third-order valence-corrected chi connectivity index (χ3v) is 5.63. The summed E-state index contributed by atoms with van der Waals surface area (Å²) < 4.78 is 0. The number of H-pyrrole nitrogens is 1. The van der Waals surface area contributed by atoms with Crippen molar-refractivity contribution >= 4 is 29.2 Å². The molecule has 152 valence electrons. The van der Waals surface area contributed by atoms with Crippen molar-refractivity contribution < 1.29 is 4.79 Å². The maximum absolute atomic E-state index is 12.5. The number of hydrogen-bond donors (Lipinski definition) is 4. The Bertz CT molecular complexity index is 1140. The first-order chi connectivity index (χ1) is 14.5. The van der Waals surface area contributed by atoms with Crippen molar-refractivity contribution in [2.75, 3.05) is 17.2 Å². The van der Waals surface area contributed by atoms with Crippen molar-refractivity contribution in [2.45, 2.75) is 17.9 Å². The summed E-state index contributed by atoms with van der Waals surface area (Å²) in [5.41, 5.74) is 3.19. The molecule has 0 aliphatic carbocycles. The first-order valence-corrected chi connectivity index (χ1v) is 9.90. The summed E-state index contributed by atoms with van der Waals surface area (Å²) in [6.07, 6.45) is 1.32. The number of benzene rings is 1. The Hall–Kier alpha value is -3.80. The summed E-state index contributed by atoms with van der Waals surface area (Å²) in [6.45, 7) is 0.650. The molecule has 11 heteroatoms. The number of anilines is 1. The number of hydrogen-bond acceptors (Lipinski definition) is 8. The summed E-state index contributed by atoms with van der Waals surface area (Å²) in [6, 6.07) is 10.8. The van der Waals surface area contributed by atoms with E-state index in [1.165, 1.54) is 0 Å². The van der Waals surface area contributed by atoms with Gasteiger partial charge in [-0.2, -0.15) is 15.6 Å². The number of amides is 1. The Kier molecular flexibility index (Phi) is 6.37. The maximum atomic E-state index is 12.5. The lowest BCUT2D eigenvalue weighted by Gasteiger charge is -2.17. The predicted octanol–water partition coefficient (Wildman–Crippen LogP) is 0.740. The van der Waals surface area contributed by atoms with Crippen molar-refractivity contribution in [3.8, 4) is 23.3 Å². The number of hydrazine groups is 1. The zero-order valence-corrected chi connectivity index (χ0v) is 16.6. The molecule has 10 nitrogen and oxygen atoms in total. The zero-order chi connectivity index (χ0) is 21.7. The van der Waals surface area contributed by atoms with Gasteiger partial charge >= 0.3 is 0 Å². The van der Waals surface area contributed by atoms with Gasteiger partial charge in [-0.1, -0.05) is 23.9 Å². The van der Waals surface area contributed by atoms with Gasteiger partial charge in [0.25, 0.3) is 5.56 Å². The lowest BCUT2D eigenvalue weighted by molar-refractivity contribution is -0.117. The number of nitriles is 2. The van der Waals surface area contributed by atoms with Crippen LogP contribution in [0.1, 0.15) is 24.0 Å². The quantitative estimate of drug-likeness (QED) is 0.179. The molecule has 0 unspecified atom stereocenters. The highest BCUT2D eigenvalue weighted by molar-refractivity contribution is 8.00. The monoisotopic (exact) mass is 422 g/mol. The van der Waals surface area contributed by atoms with Crippen molar-refractivity contribution in [2.24, 2.45) is 16.8 Å². The van der Waals surface area contributed by atoms with Crippen LogP contribution in [0, 0.1) is 22.7 Å². The van der Waals surface area contributed by atoms with E-state index in [-0.39, 0.29) is 39.2 Å². The number of carbonyl (C=O) groups is 1. The van der Waals surface area contributed by atoms with E-state index < -0.39 is 5.56 Å². The molecule has 1 aliphatic heterocycles. The standard InChI is InChI=1S/C19H18N8O2S/c20-8-13-17(11-3-5-12(6-4-11)27-7-1-2-16(27)28)14(9-21)19(24-18(13)29)30-10-15(25-22)26-23/h3-6H,1-2,7,10,22-23H2,(H,24,29)(H,25,26). The summed E-state index contributed by atoms with van der Waals surface area (Å²) in [4.78, 5) is 28.7. The molecule has 0 atom stereocenters. The van der Waals surface area contributed by atoms with E-state index in [0.717, 1.165) is 23.9 Å². The van der Waals surface area contributed by atoms with E-state index in [4.69, 9.17) is 11.7 Å². The number of rotatable bonds is 5. The highest BCUT2D eigenvalue weighted by Gasteiger charge is 2.23. The van der Waals surface area contributed by atoms with Crippen LogP contribution in [-0.2, 0) is 4.79 Å². The average molecular weight is 422 g/mol. The summed E-state index contributed by atoms with van der Waals surface area (Å²) in [7, 11) is 0. The predicted molar refractivity (Wildman–Crippen MR) is 113 cm³/mol. The third-order valence-electron chi connectivity index (χ3n) is 4.62. The van der Waals surface area contributed by atoms with E-state index in [0.29, 0.717) is 18.5 Å². The second-order valence-corrected chi connectivity index (χ2v) is 7.32. The molecule has 1 amide bonds. The highest BCUT2D eigenvalue weighted by Crippen LogP contribution is 2.33. The molecule has 0 bridgehead atoms. The SMILES string of the molecule is N#Cc1c(SC/C(=N/N)NN)[nH]c(=O)c(C#N)c1-c1ccc(N2CCCC2=O)cc1. The lowest BCUT2D eigenvalue weighted by Crippen LogP contribution is -2.33. The van der Waals surface area contributed by atoms with E-state index >= 15 is 0 Å². The fraction of sp³-hybridized carbons (Fsp3) is 0.211. The number of thioether (sulfide) groups is 1.